The molecule has 3 N–H and O–H groups in total. The second kappa shape index (κ2) is 6.74. The Bertz CT molecular complexity index is 562. The highest BCUT2D eigenvalue weighted by molar-refractivity contribution is 5.97. The summed E-state index contributed by atoms with van der Waals surface area (Å²) >= 11 is 0. The molecule has 0 aromatic carbocycles. The van der Waals surface area contributed by atoms with Gasteiger partial charge in [-0.1, -0.05) is 0 Å². The number of alkyl carbamates (subject to hydrolysis) is 1. The van der Waals surface area contributed by atoms with Crippen LogP contribution in [-0.4, -0.2) is 29.8 Å². The Morgan fingerprint density at radius 1 is 1.38 bits per heavy atom. The van der Waals surface area contributed by atoms with Crippen molar-refractivity contribution in [1.29, 1.82) is 0 Å². The number of carbonyl (C=O) groups excluding carboxylic acids is 2. The summed E-state index contributed by atoms with van der Waals surface area (Å²) in [6, 6.07) is 3.31. The molecule has 0 spiro atoms. The summed E-state index contributed by atoms with van der Waals surface area (Å²) in [5, 5.41) is 2.34. The first-order chi connectivity index (χ1) is 9.73. The van der Waals surface area contributed by atoms with Gasteiger partial charge in [0.15, 0.2) is 0 Å². The summed E-state index contributed by atoms with van der Waals surface area (Å²) in [6.45, 7) is 5.15. The van der Waals surface area contributed by atoms with Gasteiger partial charge in [-0.15, -0.1) is 0 Å². The van der Waals surface area contributed by atoms with Crippen LogP contribution in [0.3, 0.4) is 0 Å². The Morgan fingerprint density at radius 2 is 2.05 bits per heavy atom. The number of hydrogen-bond donors (Lipinski definition) is 2. The number of methoxy groups -OCH3 is 1. The zero-order valence-corrected chi connectivity index (χ0v) is 12.5. The number of esters is 1. The van der Waals surface area contributed by atoms with Crippen LogP contribution in [0.1, 0.15) is 26.3 Å². The lowest BCUT2D eigenvalue weighted by Crippen LogP contribution is -2.34. The Balaban J connectivity index is 3.00. The summed E-state index contributed by atoms with van der Waals surface area (Å²) in [5.74, 6) is -0.492. The van der Waals surface area contributed by atoms with Gasteiger partial charge in [-0.25, -0.2) is 14.6 Å². The molecule has 1 amide bonds. The van der Waals surface area contributed by atoms with E-state index in [1.807, 2.05) is 0 Å². The molecular formula is C14H19N3O4. The van der Waals surface area contributed by atoms with Crippen molar-refractivity contribution >= 4 is 24.0 Å². The summed E-state index contributed by atoms with van der Waals surface area (Å²) in [5.41, 5.74) is 5.40. The largest absolute Gasteiger partial charge is 0.464 e. The Hall–Kier alpha value is -2.57. The number of rotatable bonds is 3. The van der Waals surface area contributed by atoms with Gasteiger partial charge < -0.3 is 15.2 Å². The molecule has 1 aromatic rings. The number of pyridine rings is 1. The van der Waals surface area contributed by atoms with Gasteiger partial charge in [-0.3, -0.25) is 5.32 Å². The lowest BCUT2D eigenvalue weighted by Gasteiger charge is -2.20. The minimum absolute atomic E-state index is 0.0912. The molecule has 0 saturated heterocycles. The predicted octanol–water partition coefficient (Wildman–Crippen LogP) is 1.70. The Kier molecular flexibility index (Phi) is 5.29. The molecule has 0 atom stereocenters. The molecule has 0 aliphatic rings. The molecule has 1 aromatic heterocycles. The quantitative estimate of drug-likeness (QED) is 0.649. The van der Waals surface area contributed by atoms with E-state index in [1.165, 1.54) is 19.4 Å². The molecule has 0 saturated carbocycles. The monoisotopic (exact) mass is 293 g/mol. The molecule has 7 heteroatoms. The fourth-order valence-electron chi connectivity index (χ4n) is 1.38. The fourth-order valence-corrected chi connectivity index (χ4v) is 1.38. The zero-order chi connectivity index (χ0) is 16.0. The second-order valence-corrected chi connectivity index (χ2v) is 5.15. The molecule has 0 unspecified atom stereocenters. The number of ether oxygens (including phenoxy) is 2. The maximum Gasteiger partial charge on any atom is 0.412 e. The van der Waals surface area contributed by atoms with E-state index in [0.717, 1.165) is 0 Å². The second-order valence-electron chi connectivity index (χ2n) is 5.15. The number of anilines is 1. The number of hydrogen-bond acceptors (Lipinski definition) is 6. The SMILES string of the molecule is COC(=O)/C(=C\c1cccnc1N)NC(=O)OC(C)(C)C. The number of amides is 1. The standard InChI is InChI=1S/C14H19N3O4/c1-14(2,3)21-13(19)17-10(12(18)20-4)8-9-6-5-7-16-11(9)15/h5-8H,1-4H3,(H2,15,16)(H,17,19)/b10-8+. The van der Waals surface area contributed by atoms with Crippen LogP contribution in [0.2, 0.25) is 0 Å². The lowest BCUT2D eigenvalue weighted by atomic mass is 10.2. The van der Waals surface area contributed by atoms with Crippen molar-refractivity contribution in [3.63, 3.8) is 0 Å². The van der Waals surface area contributed by atoms with Gasteiger partial charge in [0.2, 0.25) is 0 Å². The van der Waals surface area contributed by atoms with Gasteiger partial charge in [0.1, 0.15) is 17.1 Å². The average molecular weight is 293 g/mol. The van der Waals surface area contributed by atoms with Crippen LogP contribution in [0, 0.1) is 0 Å². The van der Waals surface area contributed by atoms with Gasteiger partial charge in [0.05, 0.1) is 7.11 Å². The first kappa shape index (κ1) is 16.5. The molecular weight excluding hydrogens is 274 g/mol. The minimum atomic E-state index is -0.762. The number of nitrogens with two attached hydrogens (primary N) is 1. The summed E-state index contributed by atoms with van der Waals surface area (Å²) in [7, 11) is 1.21. The van der Waals surface area contributed by atoms with Crippen molar-refractivity contribution in [2.75, 3.05) is 12.8 Å². The molecule has 114 valence electrons. The van der Waals surface area contributed by atoms with Gasteiger partial charge in [0, 0.05) is 11.8 Å². The number of nitrogen functional groups attached to an aromatic ring is 1. The number of nitrogens with one attached hydrogen (secondary N) is 1. The fraction of sp³-hybridized carbons (Fsp3) is 0.357. The summed E-state index contributed by atoms with van der Waals surface area (Å²) < 4.78 is 9.70. The molecule has 0 radical (unpaired) electrons. The predicted molar refractivity (Wildman–Crippen MR) is 78.0 cm³/mol. The van der Waals surface area contributed by atoms with Crippen LogP contribution < -0.4 is 11.1 Å². The normalized spacial score (nSPS) is 11.7. The van der Waals surface area contributed by atoms with E-state index in [-0.39, 0.29) is 11.5 Å². The van der Waals surface area contributed by atoms with Crippen LogP contribution in [0.25, 0.3) is 6.08 Å². The first-order valence-corrected chi connectivity index (χ1v) is 6.23. The van der Waals surface area contributed by atoms with Crippen molar-refractivity contribution in [2.45, 2.75) is 26.4 Å². The lowest BCUT2D eigenvalue weighted by molar-refractivity contribution is -0.136. The van der Waals surface area contributed by atoms with Crippen molar-refractivity contribution < 1.29 is 19.1 Å². The Morgan fingerprint density at radius 3 is 2.57 bits per heavy atom. The zero-order valence-electron chi connectivity index (χ0n) is 12.5. The highest BCUT2D eigenvalue weighted by Crippen LogP contribution is 2.13. The third-order valence-electron chi connectivity index (χ3n) is 2.21. The van der Waals surface area contributed by atoms with Crippen molar-refractivity contribution in [3.05, 3.63) is 29.6 Å². The third-order valence-corrected chi connectivity index (χ3v) is 2.21. The van der Waals surface area contributed by atoms with Gasteiger partial charge in [0.25, 0.3) is 0 Å². The van der Waals surface area contributed by atoms with Gasteiger partial charge in [-0.2, -0.15) is 0 Å². The smallest absolute Gasteiger partial charge is 0.412 e. The highest BCUT2D eigenvalue weighted by Gasteiger charge is 2.20. The molecule has 0 bridgehead atoms. The van der Waals surface area contributed by atoms with E-state index >= 15 is 0 Å². The van der Waals surface area contributed by atoms with E-state index < -0.39 is 17.7 Å². The maximum atomic E-state index is 11.7. The van der Waals surface area contributed by atoms with Crippen LogP contribution in [-0.2, 0) is 14.3 Å². The maximum absolute atomic E-state index is 11.7. The molecule has 1 heterocycles. The van der Waals surface area contributed by atoms with Crippen LogP contribution >= 0.6 is 0 Å². The van der Waals surface area contributed by atoms with Crippen LogP contribution in [0.5, 0.6) is 0 Å². The van der Waals surface area contributed by atoms with E-state index in [4.69, 9.17) is 10.5 Å². The molecule has 0 aliphatic heterocycles. The van der Waals surface area contributed by atoms with Crippen molar-refractivity contribution in [2.24, 2.45) is 0 Å². The van der Waals surface area contributed by atoms with Crippen molar-refractivity contribution in [3.8, 4) is 0 Å². The molecule has 1 rings (SSSR count). The number of carbonyl (C=O) groups is 2. The number of aromatic nitrogens is 1. The van der Waals surface area contributed by atoms with E-state index in [2.05, 4.69) is 15.0 Å². The summed E-state index contributed by atoms with van der Waals surface area (Å²) in [6.07, 6.45) is 2.13. The first-order valence-electron chi connectivity index (χ1n) is 6.23. The molecule has 0 aliphatic carbocycles. The Labute approximate surface area is 123 Å². The molecule has 0 fully saturated rings. The van der Waals surface area contributed by atoms with Crippen LogP contribution in [0.15, 0.2) is 24.0 Å². The molecule has 21 heavy (non-hydrogen) atoms. The highest BCUT2D eigenvalue weighted by atomic mass is 16.6. The average Bonchev–Trinajstić information content (AvgIpc) is 2.37. The van der Waals surface area contributed by atoms with Crippen molar-refractivity contribution in [1.82, 2.24) is 10.3 Å². The van der Waals surface area contributed by atoms with E-state index in [9.17, 15) is 9.59 Å². The van der Waals surface area contributed by atoms with Gasteiger partial charge in [-0.05, 0) is 39.0 Å². The van der Waals surface area contributed by atoms with Crippen LogP contribution in [0.4, 0.5) is 10.6 Å². The minimum Gasteiger partial charge on any atom is -0.464 e. The topological polar surface area (TPSA) is 104 Å². The third kappa shape index (κ3) is 5.52. The molecule has 7 nitrogen and oxygen atoms in total. The summed E-state index contributed by atoms with van der Waals surface area (Å²) in [4.78, 5) is 27.3. The van der Waals surface area contributed by atoms with Gasteiger partial charge >= 0.3 is 12.1 Å². The van der Waals surface area contributed by atoms with E-state index in [0.29, 0.717) is 5.56 Å². The van der Waals surface area contributed by atoms with E-state index in [1.54, 1.807) is 32.9 Å². The number of nitrogens with zero attached hydrogens (tertiary/aromatic N) is 1.